The molecule has 1 rings (SSSR count). The van der Waals surface area contributed by atoms with E-state index in [2.05, 4.69) is 5.32 Å². The first-order valence-corrected chi connectivity index (χ1v) is 6.41. The number of likely N-dealkylation sites (tertiary alicyclic amines) is 1. The van der Waals surface area contributed by atoms with E-state index in [1.807, 2.05) is 13.8 Å². The molecule has 0 unspecified atom stereocenters. The molecular formula is C12H23N3O3. The van der Waals surface area contributed by atoms with Crippen LogP contribution in [0.4, 0.5) is 0 Å². The Bertz CT molecular complexity index is 307. The summed E-state index contributed by atoms with van der Waals surface area (Å²) in [5.41, 5.74) is 5.67. The monoisotopic (exact) mass is 257 g/mol. The topological polar surface area (TPSA) is 95.7 Å². The number of piperidine rings is 1. The number of nitrogens with two attached hydrogens (primary N) is 1. The standard InChI is InChI=1S/C12H23N3O3/c1-8(2)11(13)12(18)14-6-10(17)15-5-3-4-9(16)7-15/h8-9,11,16H,3-7,13H2,1-2H3,(H,14,18)/t9-,11-/m0/s1. The summed E-state index contributed by atoms with van der Waals surface area (Å²) in [4.78, 5) is 25.0. The Labute approximate surface area is 108 Å². The molecule has 18 heavy (non-hydrogen) atoms. The van der Waals surface area contributed by atoms with E-state index >= 15 is 0 Å². The van der Waals surface area contributed by atoms with Crippen LogP contribution < -0.4 is 11.1 Å². The summed E-state index contributed by atoms with van der Waals surface area (Å²) in [6, 6.07) is -0.593. The van der Waals surface area contributed by atoms with Crippen LogP contribution in [-0.4, -0.2) is 53.6 Å². The predicted molar refractivity (Wildman–Crippen MR) is 67.6 cm³/mol. The molecule has 1 heterocycles. The molecule has 1 aliphatic heterocycles. The summed E-state index contributed by atoms with van der Waals surface area (Å²) >= 11 is 0. The van der Waals surface area contributed by atoms with E-state index in [1.165, 1.54) is 0 Å². The molecule has 0 aromatic rings. The highest BCUT2D eigenvalue weighted by Crippen LogP contribution is 2.09. The second-order valence-corrected chi connectivity index (χ2v) is 5.12. The lowest BCUT2D eigenvalue weighted by atomic mass is 10.1. The number of aliphatic hydroxyl groups is 1. The summed E-state index contributed by atoms with van der Waals surface area (Å²) in [6.07, 6.45) is 1.08. The van der Waals surface area contributed by atoms with Gasteiger partial charge in [0.1, 0.15) is 0 Å². The number of β-amino-alcohol motifs (C(OH)–C–C–N with tert-alkyl or cyclic N) is 1. The zero-order valence-corrected chi connectivity index (χ0v) is 11.1. The maximum absolute atomic E-state index is 11.8. The number of nitrogens with one attached hydrogen (secondary N) is 1. The average Bonchev–Trinajstić information content (AvgIpc) is 2.34. The quantitative estimate of drug-likeness (QED) is 0.606. The van der Waals surface area contributed by atoms with Crippen LogP contribution in [0.15, 0.2) is 0 Å². The number of carbonyl (C=O) groups excluding carboxylic acids is 2. The fraction of sp³-hybridized carbons (Fsp3) is 0.833. The van der Waals surface area contributed by atoms with Crippen LogP contribution >= 0.6 is 0 Å². The third kappa shape index (κ3) is 4.27. The number of nitrogens with zero attached hydrogens (tertiary/aromatic N) is 1. The zero-order chi connectivity index (χ0) is 13.7. The van der Waals surface area contributed by atoms with Crippen LogP contribution in [-0.2, 0) is 9.59 Å². The van der Waals surface area contributed by atoms with Gasteiger partial charge in [0.05, 0.1) is 18.7 Å². The Balaban J connectivity index is 2.34. The lowest BCUT2D eigenvalue weighted by molar-refractivity contribution is -0.135. The molecule has 0 radical (unpaired) electrons. The van der Waals surface area contributed by atoms with E-state index in [9.17, 15) is 14.7 Å². The first kappa shape index (κ1) is 14.9. The van der Waals surface area contributed by atoms with E-state index in [0.29, 0.717) is 13.1 Å². The summed E-state index contributed by atoms with van der Waals surface area (Å²) in [7, 11) is 0. The second kappa shape index (κ2) is 6.70. The molecule has 4 N–H and O–H groups in total. The lowest BCUT2D eigenvalue weighted by Gasteiger charge is -2.30. The van der Waals surface area contributed by atoms with Crippen molar-refractivity contribution in [2.45, 2.75) is 38.8 Å². The van der Waals surface area contributed by atoms with Gasteiger partial charge in [-0.3, -0.25) is 9.59 Å². The molecule has 0 aromatic heterocycles. The highest BCUT2D eigenvalue weighted by atomic mass is 16.3. The summed E-state index contributed by atoms with van der Waals surface area (Å²) in [5.74, 6) is -0.439. The van der Waals surface area contributed by atoms with Crippen molar-refractivity contribution in [3.05, 3.63) is 0 Å². The molecule has 1 saturated heterocycles. The van der Waals surface area contributed by atoms with E-state index in [4.69, 9.17) is 5.73 Å². The van der Waals surface area contributed by atoms with Gasteiger partial charge in [0.15, 0.2) is 0 Å². The average molecular weight is 257 g/mol. The zero-order valence-electron chi connectivity index (χ0n) is 11.1. The van der Waals surface area contributed by atoms with Gasteiger partial charge in [0.2, 0.25) is 11.8 Å². The van der Waals surface area contributed by atoms with E-state index in [-0.39, 0.29) is 24.3 Å². The number of hydrogen-bond acceptors (Lipinski definition) is 4. The van der Waals surface area contributed by atoms with Crippen molar-refractivity contribution < 1.29 is 14.7 Å². The molecule has 1 aliphatic rings. The normalized spacial score (nSPS) is 21.8. The Morgan fingerprint density at radius 3 is 2.72 bits per heavy atom. The van der Waals surface area contributed by atoms with Crippen LogP contribution in [0.5, 0.6) is 0 Å². The number of hydrogen-bond donors (Lipinski definition) is 3. The fourth-order valence-corrected chi connectivity index (χ4v) is 1.88. The maximum atomic E-state index is 11.8. The van der Waals surface area contributed by atoms with Gasteiger partial charge < -0.3 is 21.1 Å². The fourth-order valence-electron chi connectivity index (χ4n) is 1.88. The minimum Gasteiger partial charge on any atom is -0.391 e. The van der Waals surface area contributed by atoms with Gasteiger partial charge in [0, 0.05) is 13.1 Å². The molecule has 6 heteroatoms. The van der Waals surface area contributed by atoms with Crippen LogP contribution in [0.25, 0.3) is 0 Å². The minimum absolute atomic E-state index is 0.0388. The van der Waals surface area contributed by atoms with E-state index < -0.39 is 12.1 Å². The third-order valence-corrected chi connectivity index (χ3v) is 3.18. The molecule has 0 aromatic carbocycles. The van der Waals surface area contributed by atoms with Gasteiger partial charge in [-0.05, 0) is 18.8 Å². The smallest absolute Gasteiger partial charge is 0.242 e. The Morgan fingerprint density at radius 1 is 1.50 bits per heavy atom. The Hall–Kier alpha value is -1.14. The molecule has 1 fully saturated rings. The van der Waals surface area contributed by atoms with Gasteiger partial charge in [0.25, 0.3) is 0 Å². The summed E-state index contributed by atoms with van der Waals surface area (Å²) in [5, 5.41) is 12.0. The maximum Gasteiger partial charge on any atom is 0.242 e. The number of aliphatic hydroxyl groups excluding tert-OH is 1. The molecule has 2 atom stereocenters. The number of rotatable bonds is 4. The number of amides is 2. The van der Waals surface area contributed by atoms with Crippen molar-refractivity contribution >= 4 is 11.8 Å². The Morgan fingerprint density at radius 2 is 2.17 bits per heavy atom. The van der Waals surface area contributed by atoms with E-state index in [0.717, 1.165) is 12.8 Å². The molecule has 0 saturated carbocycles. The minimum atomic E-state index is -0.593. The van der Waals surface area contributed by atoms with Crippen LogP contribution in [0, 0.1) is 5.92 Å². The SMILES string of the molecule is CC(C)[C@H](N)C(=O)NCC(=O)N1CCC[C@H](O)C1. The second-order valence-electron chi connectivity index (χ2n) is 5.12. The van der Waals surface area contributed by atoms with Gasteiger partial charge >= 0.3 is 0 Å². The predicted octanol–water partition coefficient (Wildman–Crippen LogP) is -0.931. The highest BCUT2D eigenvalue weighted by molar-refractivity contribution is 5.87. The van der Waals surface area contributed by atoms with Crippen molar-refractivity contribution in [1.29, 1.82) is 0 Å². The van der Waals surface area contributed by atoms with E-state index in [1.54, 1.807) is 4.90 Å². The van der Waals surface area contributed by atoms with Crippen molar-refractivity contribution in [1.82, 2.24) is 10.2 Å². The van der Waals surface area contributed by atoms with Gasteiger partial charge in [-0.25, -0.2) is 0 Å². The van der Waals surface area contributed by atoms with Gasteiger partial charge in [-0.15, -0.1) is 0 Å². The number of carbonyl (C=O) groups is 2. The summed E-state index contributed by atoms with van der Waals surface area (Å²) < 4.78 is 0. The van der Waals surface area contributed by atoms with Crippen molar-refractivity contribution in [2.75, 3.05) is 19.6 Å². The van der Waals surface area contributed by atoms with Crippen molar-refractivity contribution in [3.8, 4) is 0 Å². The first-order chi connectivity index (χ1) is 8.41. The first-order valence-electron chi connectivity index (χ1n) is 6.41. The van der Waals surface area contributed by atoms with Crippen LogP contribution in [0.2, 0.25) is 0 Å². The van der Waals surface area contributed by atoms with Crippen molar-refractivity contribution in [2.24, 2.45) is 11.7 Å². The molecule has 0 aliphatic carbocycles. The molecule has 104 valence electrons. The third-order valence-electron chi connectivity index (χ3n) is 3.18. The lowest BCUT2D eigenvalue weighted by Crippen LogP contribution is -2.50. The van der Waals surface area contributed by atoms with Crippen LogP contribution in [0.3, 0.4) is 0 Å². The highest BCUT2D eigenvalue weighted by Gasteiger charge is 2.23. The van der Waals surface area contributed by atoms with Crippen molar-refractivity contribution in [3.63, 3.8) is 0 Å². The van der Waals surface area contributed by atoms with Gasteiger partial charge in [-0.1, -0.05) is 13.8 Å². The largest absolute Gasteiger partial charge is 0.391 e. The van der Waals surface area contributed by atoms with Crippen LogP contribution in [0.1, 0.15) is 26.7 Å². The molecule has 6 nitrogen and oxygen atoms in total. The molecule has 0 bridgehead atoms. The van der Waals surface area contributed by atoms with Gasteiger partial charge in [-0.2, -0.15) is 0 Å². The molecular weight excluding hydrogens is 234 g/mol. The molecule has 2 amide bonds. The summed E-state index contributed by atoms with van der Waals surface area (Å²) in [6.45, 7) is 4.65. The molecule has 0 spiro atoms. The Kier molecular flexibility index (Phi) is 5.55.